The molecule has 0 aliphatic carbocycles. The summed E-state index contributed by atoms with van der Waals surface area (Å²) in [6.45, 7) is 7.00. The van der Waals surface area contributed by atoms with Crippen molar-refractivity contribution in [3.05, 3.63) is 23.0 Å². The summed E-state index contributed by atoms with van der Waals surface area (Å²) < 4.78 is 13.4. The number of benzene rings is 1. The van der Waals surface area contributed by atoms with Gasteiger partial charge in [-0.1, -0.05) is 18.5 Å². The lowest BCUT2D eigenvalue weighted by atomic mass is 10.1. The van der Waals surface area contributed by atoms with Gasteiger partial charge in [-0.2, -0.15) is 0 Å². The number of nitrogen functional groups attached to an aromatic ring is 1. The third-order valence-electron chi connectivity index (χ3n) is 2.84. The number of nitrogens with two attached hydrogens (primary N) is 1. The minimum atomic E-state index is -0.424. The third kappa shape index (κ3) is 2.59. The summed E-state index contributed by atoms with van der Waals surface area (Å²) in [5, 5.41) is 0.0708. The molecule has 1 unspecified atom stereocenters. The van der Waals surface area contributed by atoms with Gasteiger partial charge in [-0.3, -0.25) is 0 Å². The highest BCUT2D eigenvalue weighted by molar-refractivity contribution is 6.31. The summed E-state index contributed by atoms with van der Waals surface area (Å²) in [5.74, 6) is -0.424. The minimum absolute atomic E-state index is 0.0708. The van der Waals surface area contributed by atoms with Crippen molar-refractivity contribution in [2.75, 3.05) is 17.2 Å². The van der Waals surface area contributed by atoms with E-state index < -0.39 is 5.82 Å². The lowest BCUT2D eigenvalue weighted by Crippen LogP contribution is -2.33. The molecule has 90 valence electrons. The number of anilines is 2. The monoisotopic (exact) mass is 244 g/mol. The molecule has 0 aromatic heterocycles. The van der Waals surface area contributed by atoms with Crippen LogP contribution in [-0.2, 0) is 0 Å². The zero-order valence-electron chi connectivity index (χ0n) is 9.93. The van der Waals surface area contributed by atoms with Crippen LogP contribution in [0.4, 0.5) is 15.8 Å². The second-order valence-electron chi connectivity index (χ2n) is 3.87. The largest absolute Gasteiger partial charge is 0.397 e. The van der Waals surface area contributed by atoms with Crippen molar-refractivity contribution >= 4 is 23.0 Å². The molecule has 0 bridgehead atoms. The van der Waals surface area contributed by atoms with Crippen molar-refractivity contribution in [1.29, 1.82) is 0 Å². The van der Waals surface area contributed by atoms with Gasteiger partial charge in [0.05, 0.1) is 16.4 Å². The van der Waals surface area contributed by atoms with Crippen LogP contribution < -0.4 is 10.6 Å². The molecule has 0 saturated heterocycles. The summed E-state index contributed by atoms with van der Waals surface area (Å²) in [6, 6.07) is 3.21. The van der Waals surface area contributed by atoms with Crippen LogP contribution in [0.25, 0.3) is 0 Å². The predicted molar refractivity (Wildman–Crippen MR) is 68.6 cm³/mol. The molecule has 0 radical (unpaired) electrons. The molecule has 2 N–H and O–H groups in total. The molecule has 0 spiro atoms. The zero-order chi connectivity index (χ0) is 12.3. The van der Waals surface area contributed by atoms with Gasteiger partial charge in [0.2, 0.25) is 0 Å². The summed E-state index contributed by atoms with van der Waals surface area (Å²) in [5.41, 5.74) is 7.11. The van der Waals surface area contributed by atoms with Crippen molar-refractivity contribution in [1.82, 2.24) is 0 Å². The Morgan fingerprint density at radius 3 is 2.56 bits per heavy atom. The van der Waals surface area contributed by atoms with Crippen molar-refractivity contribution in [2.45, 2.75) is 33.2 Å². The molecule has 0 heterocycles. The van der Waals surface area contributed by atoms with E-state index in [2.05, 4.69) is 18.7 Å². The molecule has 1 aromatic carbocycles. The Hall–Kier alpha value is -0.960. The molecular formula is C12H18ClFN2. The van der Waals surface area contributed by atoms with Crippen LogP contribution in [0, 0.1) is 5.82 Å². The Bertz CT molecular complexity index is 368. The van der Waals surface area contributed by atoms with Crippen LogP contribution in [0.2, 0.25) is 5.02 Å². The molecule has 1 atom stereocenters. The molecule has 1 rings (SSSR count). The van der Waals surface area contributed by atoms with Crippen molar-refractivity contribution in [3.8, 4) is 0 Å². The molecule has 2 nitrogen and oxygen atoms in total. The van der Waals surface area contributed by atoms with Crippen LogP contribution in [-0.4, -0.2) is 12.6 Å². The normalized spacial score (nSPS) is 12.6. The van der Waals surface area contributed by atoms with Gasteiger partial charge in [0.25, 0.3) is 0 Å². The maximum Gasteiger partial charge on any atom is 0.144 e. The maximum atomic E-state index is 13.4. The van der Waals surface area contributed by atoms with Gasteiger partial charge in [-0.25, -0.2) is 4.39 Å². The average molecular weight is 245 g/mol. The number of rotatable bonds is 4. The number of hydrogen-bond donors (Lipinski definition) is 1. The summed E-state index contributed by atoms with van der Waals surface area (Å²) >= 11 is 5.67. The number of halogens is 2. The van der Waals surface area contributed by atoms with E-state index >= 15 is 0 Å². The fourth-order valence-electron chi connectivity index (χ4n) is 1.74. The zero-order valence-corrected chi connectivity index (χ0v) is 10.7. The molecule has 1 aromatic rings. The van der Waals surface area contributed by atoms with E-state index in [-0.39, 0.29) is 5.02 Å². The van der Waals surface area contributed by atoms with Gasteiger partial charge in [-0.15, -0.1) is 0 Å². The maximum absolute atomic E-state index is 13.4. The van der Waals surface area contributed by atoms with Crippen LogP contribution in [0.5, 0.6) is 0 Å². The lowest BCUT2D eigenvalue weighted by molar-refractivity contribution is 0.612. The number of nitrogens with zero attached hydrogens (tertiary/aromatic N) is 1. The molecule has 0 aliphatic heterocycles. The quantitative estimate of drug-likeness (QED) is 0.819. The Morgan fingerprint density at radius 2 is 2.06 bits per heavy atom. The first-order chi connectivity index (χ1) is 7.51. The van der Waals surface area contributed by atoms with Crippen molar-refractivity contribution in [3.63, 3.8) is 0 Å². The van der Waals surface area contributed by atoms with E-state index in [1.165, 1.54) is 12.1 Å². The predicted octanol–water partition coefficient (Wildman–Crippen LogP) is 3.69. The smallest absolute Gasteiger partial charge is 0.144 e. The fraction of sp³-hybridized carbons (Fsp3) is 0.500. The minimum Gasteiger partial charge on any atom is -0.397 e. The summed E-state index contributed by atoms with van der Waals surface area (Å²) in [6.07, 6.45) is 0.984. The molecule has 16 heavy (non-hydrogen) atoms. The number of hydrogen-bond acceptors (Lipinski definition) is 2. The standard InChI is InChI=1S/C12H18ClFN2/c1-4-8(3)16(5-2)12-7-10(14)9(13)6-11(12)15/h6-8H,4-5,15H2,1-3H3. The average Bonchev–Trinajstić information content (AvgIpc) is 2.26. The second kappa shape index (κ2) is 5.39. The van der Waals surface area contributed by atoms with Crippen LogP contribution in [0.1, 0.15) is 27.2 Å². The highest BCUT2D eigenvalue weighted by atomic mass is 35.5. The first kappa shape index (κ1) is 13.1. The van der Waals surface area contributed by atoms with Gasteiger partial charge < -0.3 is 10.6 Å². The lowest BCUT2D eigenvalue weighted by Gasteiger charge is -2.30. The van der Waals surface area contributed by atoms with Gasteiger partial charge in [0, 0.05) is 18.7 Å². The Morgan fingerprint density at radius 1 is 1.44 bits per heavy atom. The molecule has 4 heteroatoms. The van der Waals surface area contributed by atoms with E-state index in [0.717, 1.165) is 18.7 Å². The molecular weight excluding hydrogens is 227 g/mol. The van der Waals surface area contributed by atoms with Crippen LogP contribution >= 0.6 is 11.6 Å². The topological polar surface area (TPSA) is 29.3 Å². The van der Waals surface area contributed by atoms with Crippen molar-refractivity contribution in [2.24, 2.45) is 0 Å². The Kier molecular flexibility index (Phi) is 4.42. The molecule has 0 saturated carbocycles. The van der Waals surface area contributed by atoms with E-state index in [1.807, 2.05) is 6.92 Å². The van der Waals surface area contributed by atoms with E-state index in [1.54, 1.807) is 0 Å². The van der Waals surface area contributed by atoms with Gasteiger partial charge >= 0.3 is 0 Å². The third-order valence-corrected chi connectivity index (χ3v) is 3.13. The molecule has 0 aliphatic rings. The highest BCUT2D eigenvalue weighted by Gasteiger charge is 2.15. The first-order valence-electron chi connectivity index (χ1n) is 5.52. The summed E-state index contributed by atoms with van der Waals surface area (Å²) in [7, 11) is 0. The van der Waals surface area contributed by atoms with Gasteiger partial charge in [0.15, 0.2) is 0 Å². The fourth-order valence-corrected chi connectivity index (χ4v) is 1.91. The van der Waals surface area contributed by atoms with Crippen LogP contribution in [0.3, 0.4) is 0 Å². The first-order valence-corrected chi connectivity index (χ1v) is 5.90. The summed E-state index contributed by atoms with van der Waals surface area (Å²) in [4.78, 5) is 2.08. The Labute approximate surface area is 101 Å². The van der Waals surface area contributed by atoms with E-state index in [0.29, 0.717) is 11.7 Å². The van der Waals surface area contributed by atoms with Gasteiger partial charge in [0.1, 0.15) is 5.82 Å². The SMILES string of the molecule is CCC(C)N(CC)c1cc(F)c(Cl)cc1N. The second-order valence-corrected chi connectivity index (χ2v) is 4.28. The van der Waals surface area contributed by atoms with E-state index in [9.17, 15) is 4.39 Å². The highest BCUT2D eigenvalue weighted by Crippen LogP contribution is 2.30. The van der Waals surface area contributed by atoms with Crippen LogP contribution in [0.15, 0.2) is 12.1 Å². The van der Waals surface area contributed by atoms with E-state index in [4.69, 9.17) is 17.3 Å². The van der Waals surface area contributed by atoms with Gasteiger partial charge in [-0.05, 0) is 26.3 Å². The Balaban J connectivity index is 3.15. The molecule has 0 fully saturated rings. The molecule has 0 amide bonds. The van der Waals surface area contributed by atoms with Crippen molar-refractivity contribution < 1.29 is 4.39 Å².